The number of carbonyl (C=O) groups excluding carboxylic acids is 2. The van der Waals surface area contributed by atoms with E-state index in [4.69, 9.17) is 17.2 Å². The number of nitrogens with two attached hydrogens (primary N) is 3. The maximum atomic E-state index is 11.4. The molecule has 0 radical (unpaired) electrons. The number of hydrogen-bond acceptors (Lipinski definition) is 5. The van der Waals surface area contributed by atoms with Crippen LogP contribution in [0, 0.1) is 0 Å². The average molecular weight is 234 g/mol. The molecule has 0 aliphatic heterocycles. The van der Waals surface area contributed by atoms with Crippen LogP contribution in [0.1, 0.15) is 12.8 Å². The third kappa shape index (κ3) is 5.60. The van der Waals surface area contributed by atoms with Crippen LogP contribution in [-0.4, -0.2) is 36.2 Å². The third-order valence-electron chi connectivity index (χ3n) is 1.90. The van der Waals surface area contributed by atoms with Crippen LogP contribution in [0.2, 0.25) is 0 Å². The van der Waals surface area contributed by atoms with Crippen molar-refractivity contribution in [2.75, 3.05) is 12.3 Å². The summed E-state index contributed by atoms with van der Waals surface area (Å²) in [6, 6.07) is -1.43. The Bertz CT molecular complexity index is 225. The minimum Gasteiger partial charge on any atom is -0.368 e. The summed E-state index contributed by atoms with van der Waals surface area (Å²) in [5, 5.41) is 2.42. The van der Waals surface area contributed by atoms with E-state index < -0.39 is 23.9 Å². The lowest BCUT2D eigenvalue weighted by Crippen LogP contribution is -2.51. The molecule has 2 atom stereocenters. The van der Waals surface area contributed by atoms with Crippen LogP contribution < -0.4 is 22.5 Å². The highest BCUT2D eigenvalue weighted by atomic mass is 32.1. The van der Waals surface area contributed by atoms with Gasteiger partial charge in [-0.05, 0) is 19.4 Å². The lowest BCUT2D eigenvalue weighted by Gasteiger charge is -2.16. The summed E-state index contributed by atoms with van der Waals surface area (Å²) in [5.74, 6) is -0.865. The van der Waals surface area contributed by atoms with Crippen LogP contribution in [0.15, 0.2) is 0 Å². The largest absolute Gasteiger partial charge is 0.368 e. The predicted octanol–water partition coefficient (Wildman–Crippen LogP) is -2.05. The van der Waals surface area contributed by atoms with Gasteiger partial charge in [0.15, 0.2) is 0 Å². The number of rotatable bonds is 7. The van der Waals surface area contributed by atoms with Crippen LogP contribution in [0.5, 0.6) is 0 Å². The van der Waals surface area contributed by atoms with E-state index in [1.165, 1.54) is 0 Å². The maximum absolute atomic E-state index is 11.4. The van der Waals surface area contributed by atoms with Crippen molar-refractivity contribution in [1.29, 1.82) is 0 Å². The summed E-state index contributed by atoms with van der Waals surface area (Å²) in [4.78, 5) is 22.2. The van der Waals surface area contributed by atoms with Gasteiger partial charge in [-0.15, -0.1) is 0 Å². The molecule has 7 heteroatoms. The van der Waals surface area contributed by atoms with Gasteiger partial charge < -0.3 is 22.5 Å². The van der Waals surface area contributed by atoms with Crippen LogP contribution in [0.4, 0.5) is 0 Å². The molecule has 7 N–H and O–H groups in total. The van der Waals surface area contributed by atoms with Crippen LogP contribution in [0.3, 0.4) is 0 Å². The Morgan fingerprint density at radius 3 is 2.40 bits per heavy atom. The molecule has 0 fully saturated rings. The third-order valence-corrected chi connectivity index (χ3v) is 2.26. The zero-order chi connectivity index (χ0) is 11.8. The summed E-state index contributed by atoms with van der Waals surface area (Å²) in [6.07, 6.45) is 1.15. The van der Waals surface area contributed by atoms with Gasteiger partial charge in [-0.2, -0.15) is 12.6 Å². The SMILES string of the molecule is NCCCC(N)C(=O)NC(CS)C(N)=O. The molecule has 0 heterocycles. The van der Waals surface area contributed by atoms with Gasteiger partial charge >= 0.3 is 0 Å². The molecule has 0 rings (SSSR count). The lowest BCUT2D eigenvalue weighted by atomic mass is 10.1. The first kappa shape index (κ1) is 14.2. The summed E-state index contributed by atoms with van der Waals surface area (Å²) in [7, 11) is 0. The topological polar surface area (TPSA) is 124 Å². The standard InChI is InChI=1S/C8H18N4O2S/c9-3-1-2-5(10)8(14)12-6(4-15)7(11)13/h5-6,15H,1-4,9-10H2,(H2,11,13)(H,12,14). The lowest BCUT2D eigenvalue weighted by molar-refractivity contribution is -0.127. The first-order valence-electron chi connectivity index (χ1n) is 4.69. The van der Waals surface area contributed by atoms with Crippen molar-refractivity contribution in [3.63, 3.8) is 0 Å². The van der Waals surface area contributed by atoms with Crippen molar-refractivity contribution < 1.29 is 9.59 Å². The van der Waals surface area contributed by atoms with Crippen molar-refractivity contribution in [2.45, 2.75) is 24.9 Å². The Hall–Kier alpha value is -0.790. The zero-order valence-corrected chi connectivity index (χ0v) is 9.37. The fraction of sp³-hybridized carbons (Fsp3) is 0.750. The minimum absolute atomic E-state index is 0.157. The monoisotopic (exact) mass is 234 g/mol. The molecule has 6 nitrogen and oxygen atoms in total. The van der Waals surface area contributed by atoms with Crippen molar-refractivity contribution in [3.05, 3.63) is 0 Å². The molecule has 0 bridgehead atoms. The summed E-state index contributed by atoms with van der Waals surface area (Å²) >= 11 is 3.89. The van der Waals surface area contributed by atoms with Gasteiger partial charge in [0.05, 0.1) is 6.04 Å². The number of carbonyl (C=O) groups is 2. The first-order valence-corrected chi connectivity index (χ1v) is 5.32. The number of hydrogen-bond donors (Lipinski definition) is 5. The second-order valence-electron chi connectivity index (χ2n) is 3.18. The Kier molecular flexibility index (Phi) is 7.10. The molecule has 0 aliphatic carbocycles. The molecular weight excluding hydrogens is 216 g/mol. The molecule has 2 unspecified atom stereocenters. The van der Waals surface area contributed by atoms with Gasteiger partial charge in [0.2, 0.25) is 11.8 Å². The highest BCUT2D eigenvalue weighted by Gasteiger charge is 2.20. The van der Waals surface area contributed by atoms with Crippen molar-refractivity contribution in [2.24, 2.45) is 17.2 Å². The summed E-state index contributed by atoms with van der Waals surface area (Å²) in [5.41, 5.74) is 15.9. The van der Waals surface area contributed by atoms with E-state index in [1.54, 1.807) is 0 Å². The van der Waals surface area contributed by atoms with Crippen molar-refractivity contribution >= 4 is 24.4 Å². The Balaban J connectivity index is 4.04. The Morgan fingerprint density at radius 2 is 2.00 bits per heavy atom. The van der Waals surface area contributed by atoms with Crippen molar-refractivity contribution in [1.82, 2.24) is 5.32 Å². The summed E-state index contributed by atoms with van der Waals surface area (Å²) in [6.45, 7) is 0.479. The maximum Gasteiger partial charge on any atom is 0.240 e. The van der Waals surface area contributed by atoms with E-state index in [0.29, 0.717) is 19.4 Å². The Morgan fingerprint density at radius 1 is 1.40 bits per heavy atom. The number of amides is 2. The minimum atomic E-state index is -0.773. The number of nitrogens with one attached hydrogen (secondary N) is 1. The van der Waals surface area contributed by atoms with E-state index in [2.05, 4.69) is 17.9 Å². The molecule has 0 aliphatic rings. The molecule has 2 amide bonds. The van der Waals surface area contributed by atoms with E-state index in [9.17, 15) is 9.59 Å². The highest BCUT2D eigenvalue weighted by Crippen LogP contribution is 1.95. The first-order chi connectivity index (χ1) is 7.02. The molecule has 0 aromatic heterocycles. The summed E-state index contributed by atoms with van der Waals surface area (Å²) < 4.78 is 0. The van der Waals surface area contributed by atoms with Gasteiger partial charge in [0.25, 0.3) is 0 Å². The van der Waals surface area contributed by atoms with E-state index in [-0.39, 0.29) is 5.75 Å². The highest BCUT2D eigenvalue weighted by molar-refractivity contribution is 7.80. The van der Waals surface area contributed by atoms with Gasteiger partial charge in [-0.3, -0.25) is 9.59 Å². The van der Waals surface area contributed by atoms with Crippen LogP contribution >= 0.6 is 12.6 Å². The fourth-order valence-corrected chi connectivity index (χ4v) is 1.23. The van der Waals surface area contributed by atoms with E-state index in [0.717, 1.165) is 0 Å². The fourth-order valence-electron chi connectivity index (χ4n) is 0.954. The average Bonchev–Trinajstić information content (AvgIpc) is 2.21. The molecule has 0 saturated heterocycles. The zero-order valence-electron chi connectivity index (χ0n) is 8.48. The molecule has 0 aromatic carbocycles. The molecule has 0 saturated carbocycles. The van der Waals surface area contributed by atoms with E-state index >= 15 is 0 Å². The number of primary amides is 1. The second-order valence-corrected chi connectivity index (χ2v) is 3.55. The van der Waals surface area contributed by atoms with Crippen LogP contribution in [-0.2, 0) is 9.59 Å². The van der Waals surface area contributed by atoms with Gasteiger partial charge in [0, 0.05) is 5.75 Å². The molecule has 0 spiro atoms. The predicted molar refractivity (Wildman–Crippen MR) is 61.2 cm³/mol. The van der Waals surface area contributed by atoms with Crippen LogP contribution in [0.25, 0.3) is 0 Å². The van der Waals surface area contributed by atoms with Gasteiger partial charge in [-0.1, -0.05) is 0 Å². The van der Waals surface area contributed by atoms with Crippen molar-refractivity contribution in [3.8, 4) is 0 Å². The number of thiol groups is 1. The normalized spacial score (nSPS) is 14.3. The molecule has 88 valence electrons. The quantitative estimate of drug-likeness (QED) is 0.325. The molecule has 15 heavy (non-hydrogen) atoms. The second kappa shape index (κ2) is 7.49. The van der Waals surface area contributed by atoms with Gasteiger partial charge in [-0.25, -0.2) is 0 Å². The smallest absolute Gasteiger partial charge is 0.240 e. The molecule has 0 aromatic rings. The van der Waals surface area contributed by atoms with E-state index in [1.807, 2.05) is 0 Å². The molecular formula is C8H18N4O2S. The van der Waals surface area contributed by atoms with Gasteiger partial charge in [0.1, 0.15) is 6.04 Å². The Labute approximate surface area is 94.3 Å².